The van der Waals surface area contributed by atoms with Crippen molar-refractivity contribution < 1.29 is 14.1 Å². The van der Waals surface area contributed by atoms with Gasteiger partial charge in [0.1, 0.15) is 17.7 Å². The van der Waals surface area contributed by atoms with E-state index in [9.17, 15) is 10.1 Å². The number of nitrogens with one attached hydrogen (secondary N) is 1. The maximum Gasteiger partial charge on any atom is 0.372 e. The third-order valence-electron chi connectivity index (χ3n) is 4.45. The highest BCUT2D eigenvalue weighted by molar-refractivity contribution is 7.15. The summed E-state index contributed by atoms with van der Waals surface area (Å²) in [7, 11) is 0. The molecule has 9 nitrogen and oxygen atoms in total. The van der Waals surface area contributed by atoms with E-state index < -0.39 is 4.92 Å². The maximum absolute atomic E-state index is 11.5. The average molecular weight is 377 g/mol. The minimum Gasteiger partial charge on any atom is -0.465 e. The summed E-state index contributed by atoms with van der Waals surface area (Å²) in [6.07, 6.45) is 1.66. The largest absolute Gasteiger partial charge is 0.465 e. The standard InChI is InChI=1S/C16H19N5O4S/c1-11-2-3-13(25-11)12(19-4-7-24-8-5-19)10-17-14-15(21(22)23)20-6-9-26-16(20)18-14/h2-3,6,9,12,17H,4-5,7-8,10H2,1H3. The molecule has 0 aliphatic carbocycles. The number of aromatic nitrogens is 2. The summed E-state index contributed by atoms with van der Waals surface area (Å²) in [5.74, 6) is 1.91. The Balaban J connectivity index is 1.59. The van der Waals surface area contributed by atoms with Gasteiger partial charge in [0.05, 0.1) is 19.3 Å². The molecule has 0 spiro atoms. The number of anilines is 1. The molecule has 0 aromatic carbocycles. The van der Waals surface area contributed by atoms with E-state index in [4.69, 9.17) is 9.15 Å². The number of hydrogen-bond donors (Lipinski definition) is 1. The maximum atomic E-state index is 11.5. The Hall–Kier alpha value is -2.43. The van der Waals surface area contributed by atoms with Crippen molar-refractivity contribution in [1.82, 2.24) is 14.3 Å². The Labute approximate surface area is 153 Å². The fourth-order valence-electron chi connectivity index (χ4n) is 3.19. The van der Waals surface area contributed by atoms with Crippen LogP contribution in [0.25, 0.3) is 4.96 Å². The van der Waals surface area contributed by atoms with Crippen LogP contribution in [0.3, 0.4) is 0 Å². The predicted molar refractivity (Wildman–Crippen MR) is 96.8 cm³/mol. The molecule has 10 heteroatoms. The summed E-state index contributed by atoms with van der Waals surface area (Å²) in [5, 5.41) is 16.4. The fraction of sp³-hybridized carbons (Fsp3) is 0.438. The second-order valence-corrected chi connectivity index (χ2v) is 6.96. The van der Waals surface area contributed by atoms with Gasteiger partial charge >= 0.3 is 5.82 Å². The van der Waals surface area contributed by atoms with E-state index in [1.165, 1.54) is 15.7 Å². The number of hydrogen-bond acceptors (Lipinski definition) is 8. The van der Waals surface area contributed by atoms with Crippen molar-refractivity contribution in [3.63, 3.8) is 0 Å². The lowest BCUT2D eigenvalue weighted by molar-refractivity contribution is -0.389. The SMILES string of the molecule is Cc1ccc(C(CNc2nc3sccn3c2[N+](=O)[O-])N2CCOCC2)o1. The van der Waals surface area contributed by atoms with Crippen molar-refractivity contribution in [2.45, 2.75) is 13.0 Å². The van der Waals surface area contributed by atoms with Crippen LogP contribution in [0, 0.1) is 17.0 Å². The van der Waals surface area contributed by atoms with Gasteiger partial charge in [-0.3, -0.25) is 4.90 Å². The number of morpholine rings is 1. The van der Waals surface area contributed by atoms with Crippen LogP contribution in [-0.2, 0) is 4.74 Å². The van der Waals surface area contributed by atoms with E-state index in [0.717, 1.165) is 24.6 Å². The summed E-state index contributed by atoms with van der Waals surface area (Å²) in [4.78, 5) is 18.3. The molecule has 4 rings (SSSR count). The number of ether oxygens (including phenoxy) is 1. The number of nitro groups is 1. The molecule has 1 saturated heterocycles. The van der Waals surface area contributed by atoms with Gasteiger partial charge in [0.25, 0.3) is 4.96 Å². The second-order valence-electron chi connectivity index (χ2n) is 6.09. The number of furan rings is 1. The molecule has 4 heterocycles. The van der Waals surface area contributed by atoms with Gasteiger partial charge in [-0.1, -0.05) is 11.3 Å². The Morgan fingerprint density at radius 1 is 1.42 bits per heavy atom. The average Bonchev–Trinajstić information content (AvgIpc) is 3.31. The molecule has 1 aliphatic rings. The number of thiazole rings is 1. The molecule has 1 N–H and O–H groups in total. The van der Waals surface area contributed by atoms with Crippen molar-refractivity contribution in [3.8, 4) is 0 Å². The lowest BCUT2D eigenvalue weighted by atomic mass is 10.1. The molecule has 1 atom stereocenters. The highest BCUT2D eigenvalue weighted by atomic mass is 32.1. The van der Waals surface area contributed by atoms with Gasteiger partial charge < -0.3 is 24.6 Å². The minimum absolute atomic E-state index is 0.0439. The summed E-state index contributed by atoms with van der Waals surface area (Å²) >= 11 is 1.36. The topological polar surface area (TPSA) is 98.1 Å². The molecule has 26 heavy (non-hydrogen) atoms. The van der Waals surface area contributed by atoms with Crippen molar-refractivity contribution in [3.05, 3.63) is 45.3 Å². The van der Waals surface area contributed by atoms with Gasteiger partial charge in [0.15, 0.2) is 0 Å². The first-order valence-electron chi connectivity index (χ1n) is 8.35. The Morgan fingerprint density at radius 2 is 2.23 bits per heavy atom. The van der Waals surface area contributed by atoms with Crippen LogP contribution in [0.1, 0.15) is 17.6 Å². The number of fused-ring (bicyclic) bond motifs is 1. The number of rotatable bonds is 6. The molecule has 1 fully saturated rings. The number of aryl methyl sites for hydroxylation is 1. The molecule has 0 saturated carbocycles. The smallest absolute Gasteiger partial charge is 0.372 e. The van der Waals surface area contributed by atoms with E-state index in [1.54, 1.807) is 11.6 Å². The van der Waals surface area contributed by atoms with Gasteiger partial charge in [0, 0.05) is 25.0 Å². The van der Waals surface area contributed by atoms with Crippen molar-refractivity contribution in [2.75, 3.05) is 38.2 Å². The molecule has 138 valence electrons. The van der Waals surface area contributed by atoms with Crippen LogP contribution in [-0.4, -0.2) is 52.1 Å². The van der Waals surface area contributed by atoms with Crippen LogP contribution in [0.15, 0.2) is 28.1 Å². The molecule has 3 aromatic rings. The van der Waals surface area contributed by atoms with E-state index in [2.05, 4.69) is 15.2 Å². The highest BCUT2D eigenvalue weighted by Crippen LogP contribution is 2.30. The van der Waals surface area contributed by atoms with Crippen LogP contribution in [0.5, 0.6) is 0 Å². The number of nitrogens with zero attached hydrogens (tertiary/aromatic N) is 4. The molecular weight excluding hydrogens is 358 g/mol. The van der Waals surface area contributed by atoms with Crippen LogP contribution in [0.4, 0.5) is 11.6 Å². The molecule has 0 amide bonds. The van der Waals surface area contributed by atoms with Gasteiger partial charge in [-0.25, -0.2) is 0 Å². The molecule has 3 aromatic heterocycles. The quantitative estimate of drug-likeness (QED) is 0.521. The summed E-state index contributed by atoms with van der Waals surface area (Å²) in [5.41, 5.74) is 0. The molecule has 1 aliphatic heterocycles. The van der Waals surface area contributed by atoms with E-state index in [1.807, 2.05) is 19.1 Å². The monoisotopic (exact) mass is 377 g/mol. The third-order valence-corrected chi connectivity index (χ3v) is 5.21. The van der Waals surface area contributed by atoms with Crippen LogP contribution >= 0.6 is 11.3 Å². The van der Waals surface area contributed by atoms with Gasteiger partial charge in [-0.15, -0.1) is 0 Å². The summed E-state index contributed by atoms with van der Waals surface area (Å²) < 4.78 is 12.8. The Kier molecular flexibility index (Phi) is 4.62. The summed E-state index contributed by atoms with van der Waals surface area (Å²) in [6, 6.07) is 3.83. The van der Waals surface area contributed by atoms with Gasteiger partial charge in [-0.2, -0.15) is 9.38 Å². The Morgan fingerprint density at radius 3 is 2.92 bits per heavy atom. The normalized spacial score (nSPS) is 16.8. The number of imidazole rings is 1. The first kappa shape index (κ1) is 17.0. The lowest BCUT2D eigenvalue weighted by Crippen LogP contribution is -2.41. The molecule has 0 bridgehead atoms. The summed E-state index contributed by atoms with van der Waals surface area (Å²) in [6.45, 7) is 5.26. The Bertz CT molecular complexity index is 911. The second kappa shape index (κ2) is 7.06. The van der Waals surface area contributed by atoms with Crippen molar-refractivity contribution in [2.24, 2.45) is 0 Å². The predicted octanol–water partition coefficient (Wildman–Crippen LogP) is 2.69. The zero-order valence-corrected chi connectivity index (χ0v) is 15.1. The van der Waals surface area contributed by atoms with Gasteiger partial charge in [-0.05, 0) is 24.0 Å². The minimum atomic E-state index is -0.407. The third kappa shape index (κ3) is 3.18. The molecule has 0 radical (unpaired) electrons. The van der Waals surface area contributed by atoms with E-state index >= 15 is 0 Å². The van der Waals surface area contributed by atoms with Crippen molar-refractivity contribution in [1.29, 1.82) is 0 Å². The zero-order chi connectivity index (χ0) is 18.1. The first-order valence-corrected chi connectivity index (χ1v) is 9.23. The highest BCUT2D eigenvalue weighted by Gasteiger charge is 2.28. The zero-order valence-electron chi connectivity index (χ0n) is 14.3. The van der Waals surface area contributed by atoms with E-state index in [0.29, 0.717) is 24.7 Å². The fourth-order valence-corrected chi connectivity index (χ4v) is 3.90. The molecular formula is C16H19N5O4S. The van der Waals surface area contributed by atoms with Crippen LogP contribution < -0.4 is 5.32 Å². The van der Waals surface area contributed by atoms with Gasteiger partial charge in [0.2, 0.25) is 5.82 Å². The molecule has 1 unspecified atom stereocenters. The lowest BCUT2D eigenvalue weighted by Gasteiger charge is -2.33. The first-order chi connectivity index (χ1) is 12.6. The van der Waals surface area contributed by atoms with Crippen molar-refractivity contribution >= 4 is 27.9 Å². The van der Waals surface area contributed by atoms with Crippen LogP contribution in [0.2, 0.25) is 0 Å². The van der Waals surface area contributed by atoms with E-state index in [-0.39, 0.29) is 17.7 Å².